The Morgan fingerprint density at radius 1 is 0.892 bits per heavy atom. The van der Waals surface area contributed by atoms with E-state index in [1.54, 1.807) is 47.3 Å². The summed E-state index contributed by atoms with van der Waals surface area (Å²) in [5.41, 5.74) is 4.35. The van der Waals surface area contributed by atoms with Gasteiger partial charge in [-0.05, 0) is 54.1 Å². The van der Waals surface area contributed by atoms with Crippen LogP contribution in [0.5, 0.6) is 23.0 Å². The summed E-state index contributed by atoms with van der Waals surface area (Å²) in [6, 6.07) is 17.3. The first-order valence-corrected chi connectivity index (χ1v) is 11.9. The minimum Gasteiger partial charge on any atom is -0.493 e. The Morgan fingerprint density at radius 2 is 1.54 bits per heavy atom. The van der Waals surface area contributed by atoms with E-state index in [4.69, 9.17) is 24.2 Å². The summed E-state index contributed by atoms with van der Waals surface area (Å²) in [7, 11) is 4.49. The minimum atomic E-state index is -0.571. The van der Waals surface area contributed by atoms with E-state index in [-0.39, 0.29) is 5.78 Å². The number of hydrogen-bond acceptors (Lipinski definition) is 9. The number of carbonyl (C=O) groups is 2. The average molecular weight is 521 g/mol. The molecule has 4 aromatic rings. The highest BCUT2D eigenvalue weighted by Crippen LogP contribution is 2.39. The maximum Gasteiger partial charge on any atom is 0.274 e. The number of carbonyl (C=O) groups excluding carboxylic acids is 2. The van der Waals surface area contributed by atoms with Gasteiger partial charge in [-0.1, -0.05) is 12.1 Å². The number of amides is 1. The summed E-state index contributed by atoms with van der Waals surface area (Å²) in [5.74, 6) is 1.02. The van der Waals surface area contributed by atoms with E-state index in [1.807, 2.05) is 24.3 Å². The van der Waals surface area contributed by atoms with Crippen LogP contribution < -0.4 is 24.4 Å². The lowest BCUT2D eigenvalue weighted by molar-refractivity contribution is 0.0706. The number of ketones is 1. The molecule has 1 heterocycles. The van der Waals surface area contributed by atoms with Gasteiger partial charge in [0.2, 0.25) is 11.5 Å². The van der Waals surface area contributed by atoms with Crippen LogP contribution >= 0.6 is 11.3 Å². The topological polar surface area (TPSA) is 116 Å². The van der Waals surface area contributed by atoms with E-state index in [0.717, 1.165) is 11.1 Å². The molecule has 0 spiro atoms. The van der Waals surface area contributed by atoms with Gasteiger partial charge >= 0.3 is 0 Å². The summed E-state index contributed by atoms with van der Waals surface area (Å²) in [5, 5.41) is 11.1. The molecule has 0 saturated carbocycles. The van der Waals surface area contributed by atoms with Crippen molar-refractivity contribution in [3.63, 3.8) is 0 Å². The standard InChI is InChI=1S/C27H24N2O7S/c1-33-22-12-19(13-23(34-2)25(22)35-3)24(30)21-15-37-27(28-21)18-8-10-20(11-9-18)36-14-16-4-6-17(7-5-16)26(31)29-32/h4-13,15,32H,14H2,1-3H3,(H,29,31). The largest absolute Gasteiger partial charge is 0.493 e. The van der Waals surface area contributed by atoms with Gasteiger partial charge in [0.15, 0.2) is 11.5 Å². The number of hydroxylamine groups is 1. The number of nitrogens with zero attached hydrogens (tertiary/aromatic N) is 1. The SMILES string of the molecule is COc1cc(C(=O)c2csc(-c3ccc(OCc4ccc(C(=O)NO)cc4)cc3)n2)cc(OC)c1OC. The van der Waals surface area contributed by atoms with E-state index >= 15 is 0 Å². The van der Waals surface area contributed by atoms with Crippen LogP contribution in [-0.4, -0.2) is 43.2 Å². The highest BCUT2D eigenvalue weighted by molar-refractivity contribution is 7.13. The van der Waals surface area contributed by atoms with Crippen LogP contribution in [0.3, 0.4) is 0 Å². The van der Waals surface area contributed by atoms with E-state index in [9.17, 15) is 9.59 Å². The maximum absolute atomic E-state index is 13.1. The molecule has 2 N–H and O–H groups in total. The lowest BCUT2D eigenvalue weighted by atomic mass is 10.1. The number of benzene rings is 3. The third kappa shape index (κ3) is 5.71. The minimum absolute atomic E-state index is 0.260. The molecule has 0 aliphatic heterocycles. The Balaban J connectivity index is 1.44. The lowest BCUT2D eigenvalue weighted by Gasteiger charge is -2.13. The number of thiazole rings is 1. The van der Waals surface area contributed by atoms with E-state index < -0.39 is 5.91 Å². The number of rotatable bonds is 10. The molecule has 0 aliphatic rings. The average Bonchev–Trinajstić information content (AvgIpc) is 3.45. The first-order chi connectivity index (χ1) is 18.0. The molecule has 0 saturated heterocycles. The van der Waals surface area contributed by atoms with E-state index in [2.05, 4.69) is 4.98 Å². The fourth-order valence-corrected chi connectivity index (χ4v) is 4.35. The molecule has 0 fully saturated rings. The number of hydrogen-bond donors (Lipinski definition) is 2. The Hall–Kier alpha value is -4.41. The van der Waals surface area contributed by atoms with Gasteiger partial charge in [0.05, 0.1) is 21.3 Å². The van der Waals surface area contributed by atoms with Crippen molar-refractivity contribution in [2.75, 3.05) is 21.3 Å². The molecule has 0 aliphatic carbocycles. The number of nitrogens with one attached hydrogen (secondary N) is 1. The molecule has 37 heavy (non-hydrogen) atoms. The van der Waals surface area contributed by atoms with Crippen LogP contribution in [0.2, 0.25) is 0 Å². The molecule has 4 rings (SSSR count). The second kappa shape index (κ2) is 11.5. The molecular weight excluding hydrogens is 496 g/mol. The first-order valence-electron chi connectivity index (χ1n) is 11.0. The van der Waals surface area contributed by atoms with Crippen molar-refractivity contribution in [2.45, 2.75) is 6.61 Å². The molecular formula is C27H24N2O7S. The zero-order chi connectivity index (χ0) is 26.4. The zero-order valence-electron chi connectivity index (χ0n) is 20.3. The van der Waals surface area contributed by atoms with E-state index in [0.29, 0.717) is 51.4 Å². The smallest absolute Gasteiger partial charge is 0.274 e. The van der Waals surface area contributed by atoms with Crippen molar-refractivity contribution in [1.82, 2.24) is 10.5 Å². The van der Waals surface area contributed by atoms with Crippen LogP contribution in [0.4, 0.5) is 0 Å². The number of ether oxygens (including phenoxy) is 4. The Labute approximate surface area is 217 Å². The third-order valence-electron chi connectivity index (χ3n) is 5.49. The van der Waals surface area contributed by atoms with Crippen LogP contribution in [0, 0.1) is 0 Å². The van der Waals surface area contributed by atoms with Crippen molar-refractivity contribution >= 4 is 23.0 Å². The predicted octanol–water partition coefficient (Wildman–Crippen LogP) is 4.76. The molecule has 0 bridgehead atoms. The molecule has 3 aromatic carbocycles. The fourth-order valence-electron chi connectivity index (χ4n) is 3.55. The van der Waals surface area contributed by atoms with Gasteiger partial charge in [-0.2, -0.15) is 0 Å². The van der Waals surface area contributed by atoms with Gasteiger partial charge in [-0.25, -0.2) is 10.5 Å². The molecule has 10 heteroatoms. The zero-order valence-corrected chi connectivity index (χ0v) is 21.1. The second-order valence-electron chi connectivity index (χ2n) is 7.73. The molecule has 1 aromatic heterocycles. The number of aromatic nitrogens is 1. The van der Waals surface area contributed by atoms with Crippen LogP contribution in [0.15, 0.2) is 66.0 Å². The molecule has 0 unspecified atom stereocenters. The molecule has 0 atom stereocenters. The van der Waals surface area contributed by atoms with Crippen molar-refractivity contribution in [1.29, 1.82) is 0 Å². The molecule has 9 nitrogen and oxygen atoms in total. The monoisotopic (exact) mass is 520 g/mol. The Bertz CT molecular complexity index is 1370. The maximum atomic E-state index is 13.1. The highest BCUT2D eigenvalue weighted by Gasteiger charge is 2.20. The summed E-state index contributed by atoms with van der Waals surface area (Å²) < 4.78 is 21.8. The summed E-state index contributed by atoms with van der Waals surface area (Å²) in [6.45, 7) is 0.311. The van der Waals surface area contributed by atoms with Crippen molar-refractivity contribution < 1.29 is 33.7 Å². The van der Waals surface area contributed by atoms with E-state index in [1.165, 1.54) is 32.7 Å². The van der Waals surface area contributed by atoms with Crippen molar-refractivity contribution in [3.8, 4) is 33.6 Å². The first kappa shape index (κ1) is 25.7. The summed E-state index contributed by atoms with van der Waals surface area (Å²) >= 11 is 1.36. The number of methoxy groups -OCH3 is 3. The highest BCUT2D eigenvalue weighted by atomic mass is 32.1. The van der Waals surface area contributed by atoms with Gasteiger partial charge in [-0.15, -0.1) is 11.3 Å². The van der Waals surface area contributed by atoms with Gasteiger partial charge in [0.25, 0.3) is 5.91 Å². The van der Waals surface area contributed by atoms with Crippen molar-refractivity contribution in [2.24, 2.45) is 0 Å². The predicted molar refractivity (Wildman–Crippen MR) is 137 cm³/mol. The molecule has 1 amide bonds. The lowest BCUT2D eigenvalue weighted by Crippen LogP contribution is -2.18. The molecule has 190 valence electrons. The van der Waals surface area contributed by atoms with Crippen molar-refractivity contribution in [3.05, 3.63) is 88.4 Å². The summed E-state index contributed by atoms with van der Waals surface area (Å²) in [4.78, 5) is 29.1. The normalized spacial score (nSPS) is 10.5. The summed E-state index contributed by atoms with van der Waals surface area (Å²) in [6.07, 6.45) is 0. The van der Waals surface area contributed by atoms with Gasteiger partial charge in [-0.3, -0.25) is 14.8 Å². The second-order valence-corrected chi connectivity index (χ2v) is 8.59. The Kier molecular flexibility index (Phi) is 8.02. The van der Waals surface area contributed by atoms with Gasteiger partial charge in [0.1, 0.15) is 23.1 Å². The van der Waals surface area contributed by atoms with Crippen LogP contribution in [-0.2, 0) is 6.61 Å². The Morgan fingerprint density at radius 3 is 2.11 bits per heavy atom. The third-order valence-corrected chi connectivity index (χ3v) is 6.38. The fraction of sp³-hybridized carbons (Fsp3) is 0.148. The van der Waals surface area contributed by atoms with Crippen LogP contribution in [0.25, 0.3) is 10.6 Å². The van der Waals surface area contributed by atoms with Crippen LogP contribution in [0.1, 0.15) is 32.0 Å². The van der Waals surface area contributed by atoms with Gasteiger partial charge < -0.3 is 18.9 Å². The van der Waals surface area contributed by atoms with Gasteiger partial charge in [0, 0.05) is 22.1 Å². The molecule has 0 radical (unpaired) electrons. The quantitative estimate of drug-likeness (QED) is 0.175.